The van der Waals surface area contributed by atoms with Gasteiger partial charge in [0.1, 0.15) is 0 Å². The molecular weight excluding hydrogens is 228 g/mol. The molecule has 0 aliphatic heterocycles. The van der Waals surface area contributed by atoms with Crippen molar-refractivity contribution in [3.8, 4) is 0 Å². The summed E-state index contributed by atoms with van der Waals surface area (Å²) in [6, 6.07) is 8.52. The van der Waals surface area contributed by atoms with E-state index in [9.17, 15) is 0 Å². The molecule has 3 heteroatoms. The fourth-order valence-electron chi connectivity index (χ4n) is 1.17. The summed E-state index contributed by atoms with van der Waals surface area (Å²) in [7, 11) is 0. The second-order valence-electron chi connectivity index (χ2n) is 3.10. The summed E-state index contributed by atoms with van der Waals surface area (Å²) < 4.78 is 1.10. The Morgan fingerprint density at radius 2 is 2.15 bits per heavy atom. The van der Waals surface area contributed by atoms with Gasteiger partial charge in [0.05, 0.1) is 0 Å². The topological polar surface area (TPSA) is 38.0 Å². The second-order valence-corrected chi connectivity index (χ2v) is 3.96. The Morgan fingerprint density at radius 1 is 1.46 bits per heavy atom. The van der Waals surface area contributed by atoms with Gasteiger partial charge in [-0.1, -0.05) is 12.1 Å². The fourth-order valence-corrected chi connectivity index (χ4v) is 1.57. The molecule has 1 rings (SSSR count). The minimum absolute atomic E-state index is 0.420. The molecule has 1 atom stereocenters. The Labute approximate surface area is 87.6 Å². The first-order valence-corrected chi connectivity index (χ1v) is 5.24. The number of nitrogens with one attached hydrogen (secondary N) is 1. The summed E-state index contributed by atoms with van der Waals surface area (Å²) in [5.74, 6) is 0. The highest BCUT2D eigenvalue weighted by molar-refractivity contribution is 9.10. The number of hydrogen-bond acceptors (Lipinski definition) is 2. The van der Waals surface area contributed by atoms with E-state index in [0.29, 0.717) is 6.04 Å². The van der Waals surface area contributed by atoms with Gasteiger partial charge in [0, 0.05) is 16.2 Å². The van der Waals surface area contributed by atoms with Crippen LogP contribution in [0.4, 0.5) is 5.69 Å². The van der Waals surface area contributed by atoms with Gasteiger partial charge in [-0.3, -0.25) is 0 Å². The van der Waals surface area contributed by atoms with Gasteiger partial charge < -0.3 is 11.1 Å². The van der Waals surface area contributed by atoms with E-state index in [4.69, 9.17) is 5.73 Å². The highest BCUT2D eigenvalue weighted by Crippen LogP contribution is 2.22. The highest BCUT2D eigenvalue weighted by atomic mass is 79.9. The molecule has 0 saturated carbocycles. The molecule has 0 fully saturated rings. The van der Waals surface area contributed by atoms with Gasteiger partial charge in [-0.25, -0.2) is 0 Å². The molecule has 0 aromatic heterocycles. The van der Waals surface area contributed by atoms with E-state index in [1.807, 2.05) is 18.2 Å². The lowest BCUT2D eigenvalue weighted by molar-refractivity contribution is 0.716. The molecule has 1 aromatic rings. The van der Waals surface area contributed by atoms with Crippen molar-refractivity contribution in [3.05, 3.63) is 28.7 Å². The predicted octanol–water partition coefficient (Wildman–Crippen LogP) is 2.60. The van der Waals surface area contributed by atoms with E-state index < -0.39 is 0 Å². The minimum atomic E-state index is 0.420. The van der Waals surface area contributed by atoms with Crippen LogP contribution in [-0.4, -0.2) is 12.6 Å². The van der Waals surface area contributed by atoms with Crippen LogP contribution in [0.1, 0.15) is 13.3 Å². The quantitative estimate of drug-likeness (QED) is 0.852. The molecule has 2 nitrogen and oxygen atoms in total. The van der Waals surface area contributed by atoms with Gasteiger partial charge in [-0.2, -0.15) is 0 Å². The normalized spacial score (nSPS) is 12.5. The molecule has 0 saturated heterocycles. The summed E-state index contributed by atoms with van der Waals surface area (Å²) in [5.41, 5.74) is 6.60. The van der Waals surface area contributed by atoms with Crippen LogP contribution in [-0.2, 0) is 0 Å². The molecule has 1 unspecified atom stereocenters. The standard InChI is InChI=1S/C10H15BrN2/c1-8(6-7-12)13-10-5-3-2-4-9(10)11/h2-5,8,13H,6-7,12H2,1H3. The number of rotatable bonds is 4. The molecule has 0 amide bonds. The molecule has 0 aliphatic rings. The van der Waals surface area contributed by atoms with Gasteiger partial charge in [0.25, 0.3) is 0 Å². The molecule has 0 bridgehead atoms. The van der Waals surface area contributed by atoms with Crippen LogP contribution < -0.4 is 11.1 Å². The van der Waals surface area contributed by atoms with Crippen molar-refractivity contribution in [3.63, 3.8) is 0 Å². The maximum absolute atomic E-state index is 5.47. The van der Waals surface area contributed by atoms with E-state index in [2.05, 4.69) is 34.2 Å². The molecule has 0 heterocycles. The van der Waals surface area contributed by atoms with Crippen LogP contribution in [0.2, 0.25) is 0 Å². The van der Waals surface area contributed by atoms with Gasteiger partial charge in [-0.05, 0) is 48.0 Å². The average Bonchev–Trinajstić information content (AvgIpc) is 2.09. The summed E-state index contributed by atoms with van der Waals surface area (Å²) in [4.78, 5) is 0. The largest absolute Gasteiger partial charge is 0.382 e. The predicted molar refractivity (Wildman–Crippen MR) is 60.9 cm³/mol. The van der Waals surface area contributed by atoms with E-state index in [1.54, 1.807) is 0 Å². The zero-order valence-corrected chi connectivity index (χ0v) is 9.34. The molecule has 1 aromatic carbocycles. The zero-order valence-electron chi connectivity index (χ0n) is 7.76. The third-order valence-corrected chi connectivity index (χ3v) is 2.57. The summed E-state index contributed by atoms with van der Waals surface area (Å²) in [6.45, 7) is 2.85. The molecule has 72 valence electrons. The summed E-state index contributed by atoms with van der Waals surface area (Å²) >= 11 is 3.48. The van der Waals surface area contributed by atoms with Gasteiger partial charge in [-0.15, -0.1) is 0 Å². The first-order valence-electron chi connectivity index (χ1n) is 4.45. The van der Waals surface area contributed by atoms with Crippen molar-refractivity contribution in [2.45, 2.75) is 19.4 Å². The van der Waals surface area contributed by atoms with Crippen LogP contribution in [0, 0.1) is 0 Å². The van der Waals surface area contributed by atoms with Crippen molar-refractivity contribution in [2.24, 2.45) is 5.73 Å². The highest BCUT2D eigenvalue weighted by Gasteiger charge is 2.02. The van der Waals surface area contributed by atoms with E-state index in [-0.39, 0.29) is 0 Å². The smallest absolute Gasteiger partial charge is 0.0486 e. The Bertz CT molecular complexity index is 263. The number of hydrogen-bond donors (Lipinski definition) is 2. The zero-order chi connectivity index (χ0) is 9.68. The van der Waals surface area contributed by atoms with E-state index in [0.717, 1.165) is 23.1 Å². The summed E-state index contributed by atoms with van der Waals surface area (Å²) in [6.07, 6.45) is 0.987. The molecule has 13 heavy (non-hydrogen) atoms. The first-order chi connectivity index (χ1) is 6.24. The molecule has 0 spiro atoms. The number of nitrogens with two attached hydrogens (primary N) is 1. The Morgan fingerprint density at radius 3 is 2.77 bits per heavy atom. The van der Waals surface area contributed by atoms with Crippen LogP contribution in [0.25, 0.3) is 0 Å². The van der Waals surface area contributed by atoms with Crippen LogP contribution >= 0.6 is 15.9 Å². The molecule has 3 N–H and O–H groups in total. The van der Waals surface area contributed by atoms with Gasteiger partial charge in [0.2, 0.25) is 0 Å². The monoisotopic (exact) mass is 242 g/mol. The van der Waals surface area contributed by atoms with E-state index in [1.165, 1.54) is 0 Å². The van der Waals surface area contributed by atoms with Crippen LogP contribution in [0.5, 0.6) is 0 Å². The lowest BCUT2D eigenvalue weighted by Gasteiger charge is -2.15. The van der Waals surface area contributed by atoms with Crippen molar-refractivity contribution < 1.29 is 0 Å². The maximum Gasteiger partial charge on any atom is 0.0486 e. The first kappa shape index (κ1) is 10.5. The van der Waals surface area contributed by atoms with Crippen LogP contribution in [0.3, 0.4) is 0 Å². The van der Waals surface area contributed by atoms with Crippen molar-refractivity contribution in [1.82, 2.24) is 0 Å². The van der Waals surface area contributed by atoms with Crippen molar-refractivity contribution >= 4 is 21.6 Å². The van der Waals surface area contributed by atoms with Crippen molar-refractivity contribution in [2.75, 3.05) is 11.9 Å². The third kappa shape index (κ3) is 3.36. The summed E-state index contributed by atoms with van der Waals surface area (Å²) in [5, 5.41) is 3.38. The Balaban J connectivity index is 2.58. The van der Waals surface area contributed by atoms with E-state index >= 15 is 0 Å². The molecule has 0 aliphatic carbocycles. The number of halogens is 1. The average molecular weight is 243 g/mol. The maximum atomic E-state index is 5.47. The van der Waals surface area contributed by atoms with Crippen molar-refractivity contribution in [1.29, 1.82) is 0 Å². The Kier molecular flexibility index (Phi) is 4.25. The lowest BCUT2D eigenvalue weighted by atomic mass is 10.2. The number of para-hydroxylation sites is 1. The second kappa shape index (κ2) is 5.25. The molecular formula is C10H15BrN2. The fraction of sp³-hybridized carbons (Fsp3) is 0.400. The SMILES string of the molecule is CC(CCN)Nc1ccccc1Br. The van der Waals surface area contributed by atoms with Gasteiger partial charge in [0.15, 0.2) is 0 Å². The molecule has 0 radical (unpaired) electrons. The minimum Gasteiger partial charge on any atom is -0.382 e. The Hall–Kier alpha value is -0.540. The number of benzene rings is 1. The number of anilines is 1. The van der Waals surface area contributed by atoms with Gasteiger partial charge >= 0.3 is 0 Å². The van der Waals surface area contributed by atoms with Crippen LogP contribution in [0.15, 0.2) is 28.7 Å². The lowest BCUT2D eigenvalue weighted by Crippen LogP contribution is -2.19. The third-order valence-electron chi connectivity index (χ3n) is 1.88.